The van der Waals surface area contributed by atoms with Crippen LogP contribution in [0.5, 0.6) is 0 Å². The summed E-state index contributed by atoms with van der Waals surface area (Å²) in [5.41, 5.74) is 7.98. The quantitative estimate of drug-likeness (QED) is 0.158. The number of ketones is 2. The van der Waals surface area contributed by atoms with Crippen LogP contribution in [0.2, 0.25) is 0 Å². The Labute approximate surface area is 227 Å². The third kappa shape index (κ3) is 2.34. The molecule has 180 valence electrons. The van der Waals surface area contributed by atoms with Gasteiger partial charge in [0, 0.05) is 11.5 Å². The lowest BCUT2D eigenvalue weighted by atomic mass is 9.66. The highest BCUT2D eigenvalue weighted by molar-refractivity contribution is 6.45. The number of hydrogen-bond acceptors (Lipinski definition) is 2. The van der Waals surface area contributed by atoms with Crippen LogP contribution >= 0.6 is 23.2 Å². The first-order valence-electron chi connectivity index (χ1n) is 12.9. The van der Waals surface area contributed by atoms with Crippen molar-refractivity contribution in [1.82, 2.24) is 0 Å². The van der Waals surface area contributed by atoms with Gasteiger partial charge >= 0.3 is 0 Å². The number of allylic oxidation sites excluding steroid dienone is 5. The van der Waals surface area contributed by atoms with Crippen LogP contribution in [0.25, 0.3) is 55.5 Å². The molecule has 4 heteroatoms. The van der Waals surface area contributed by atoms with Gasteiger partial charge in [0.15, 0.2) is 11.6 Å². The molecule has 0 spiro atoms. The second kappa shape index (κ2) is 7.02. The minimum atomic E-state index is -0.836. The van der Waals surface area contributed by atoms with Gasteiger partial charge < -0.3 is 0 Å². The highest BCUT2D eigenvalue weighted by Crippen LogP contribution is 2.51. The Kier molecular flexibility index (Phi) is 3.92. The van der Waals surface area contributed by atoms with Gasteiger partial charge in [0.25, 0.3) is 0 Å². The lowest BCUT2D eigenvalue weighted by molar-refractivity contribution is -0.124. The molecule has 2 nitrogen and oxygen atoms in total. The zero-order chi connectivity index (χ0) is 25.4. The summed E-state index contributed by atoms with van der Waals surface area (Å²) in [5, 5.41) is 5.53. The van der Waals surface area contributed by atoms with Crippen LogP contribution in [-0.4, -0.2) is 22.3 Å². The van der Waals surface area contributed by atoms with Gasteiger partial charge in [-0.05, 0) is 83.1 Å². The van der Waals surface area contributed by atoms with E-state index in [0.717, 1.165) is 32.7 Å². The molecule has 0 aliphatic heterocycles. The number of fused-ring (bicyclic) bond motifs is 6. The van der Waals surface area contributed by atoms with Gasteiger partial charge in [-0.15, -0.1) is 23.2 Å². The fraction of sp³-hybridized carbons (Fsp3) is 0.118. The van der Waals surface area contributed by atoms with E-state index in [1.54, 1.807) is 6.08 Å². The molecule has 0 heterocycles. The normalized spacial score (nSPS) is 25.6. The summed E-state index contributed by atoms with van der Waals surface area (Å²) in [5.74, 6) is -1.29. The Bertz CT molecular complexity index is 2110. The number of hydrogen-bond donors (Lipinski definition) is 0. The summed E-state index contributed by atoms with van der Waals surface area (Å²) in [6.07, 6.45) is 9.62. The minimum Gasteiger partial charge on any atom is -0.294 e. The molecule has 0 amide bonds. The van der Waals surface area contributed by atoms with E-state index in [1.807, 2.05) is 6.08 Å². The van der Waals surface area contributed by atoms with Gasteiger partial charge in [0.05, 0.1) is 10.8 Å². The number of carbonyl (C=O) groups excluding carboxylic acids is 2. The van der Waals surface area contributed by atoms with E-state index in [-0.39, 0.29) is 17.5 Å². The maximum absolute atomic E-state index is 13.8. The van der Waals surface area contributed by atoms with Crippen LogP contribution in [0.1, 0.15) is 22.6 Å². The Balaban J connectivity index is 1.47. The summed E-state index contributed by atoms with van der Waals surface area (Å²) >= 11 is 14.3. The van der Waals surface area contributed by atoms with Crippen molar-refractivity contribution >= 4 is 79.1 Å². The van der Waals surface area contributed by atoms with Gasteiger partial charge in [-0.3, -0.25) is 9.59 Å². The van der Waals surface area contributed by atoms with Crippen LogP contribution in [-0.2, 0) is 9.59 Å². The van der Waals surface area contributed by atoms with Crippen LogP contribution < -0.4 is 10.4 Å². The number of benzene rings is 4. The van der Waals surface area contributed by atoms with Crippen molar-refractivity contribution in [3.05, 3.63) is 106 Å². The van der Waals surface area contributed by atoms with Crippen molar-refractivity contribution in [3.8, 4) is 11.1 Å². The summed E-state index contributed by atoms with van der Waals surface area (Å²) in [4.78, 5) is 26.7. The molecule has 9 rings (SSSR count). The lowest BCUT2D eigenvalue weighted by Crippen LogP contribution is -2.52. The summed E-state index contributed by atoms with van der Waals surface area (Å²) < 4.78 is 0. The van der Waals surface area contributed by atoms with Crippen molar-refractivity contribution in [2.24, 2.45) is 5.92 Å². The first-order valence-corrected chi connectivity index (χ1v) is 13.7. The van der Waals surface area contributed by atoms with Crippen molar-refractivity contribution in [3.63, 3.8) is 0 Å². The SMILES string of the molecule is O=C1C=CC=C2c3ccc4c5c3=C(C(=O)C12)C(Cl)C(Cl)C=5C1C=Cc2c3ccccc3cc3ccc-4c1c23. The Hall–Kier alpha value is -3.72. The van der Waals surface area contributed by atoms with Crippen molar-refractivity contribution < 1.29 is 9.59 Å². The van der Waals surface area contributed by atoms with E-state index >= 15 is 0 Å². The Morgan fingerprint density at radius 1 is 0.763 bits per heavy atom. The van der Waals surface area contributed by atoms with Gasteiger partial charge in [-0.1, -0.05) is 72.8 Å². The van der Waals surface area contributed by atoms with Crippen molar-refractivity contribution in [2.75, 3.05) is 0 Å². The number of carbonyl (C=O) groups is 2. The minimum absolute atomic E-state index is 0.0404. The topological polar surface area (TPSA) is 34.1 Å². The number of halogens is 2. The molecule has 0 radical (unpaired) electrons. The molecule has 0 saturated carbocycles. The molecule has 5 aliphatic rings. The molecular weight excluding hydrogens is 511 g/mol. The third-order valence-corrected chi connectivity index (χ3v) is 10.2. The first-order chi connectivity index (χ1) is 18.5. The number of Topliss-reactive ketones (excluding diaryl/α,β-unsaturated/α-hetero) is 1. The van der Waals surface area contributed by atoms with E-state index in [4.69, 9.17) is 23.2 Å². The van der Waals surface area contributed by atoms with Gasteiger partial charge in [-0.25, -0.2) is 0 Å². The molecular formula is C34H18Cl2O2. The lowest BCUT2D eigenvalue weighted by Gasteiger charge is -2.40. The monoisotopic (exact) mass is 528 g/mol. The van der Waals surface area contributed by atoms with Crippen LogP contribution in [0, 0.1) is 5.92 Å². The van der Waals surface area contributed by atoms with Gasteiger partial charge in [0.1, 0.15) is 5.92 Å². The van der Waals surface area contributed by atoms with Crippen LogP contribution in [0.4, 0.5) is 0 Å². The zero-order valence-electron chi connectivity index (χ0n) is 20.0. The molecule has 0 saturated heterocycles. The molecule has 4 unspecified atom stereocenters. The molecule has 0 fully saturated rings. The Morgan fingerprint density at radius 3 is 2.47 bits per heavy atom. The van der Waals surface area contributed by atoms with Crippen LogP contribution in [0.15, 0.2) is 78.9 Å². The molecule has 4 aromatic carbocycles. The Morgan fingerprint density at radius 2 is 1.58 bits per heavy atom. The standard InChI is InChI=1S/C34H18Cl2O2/c35-32-30-23-13-12-19-17-5-2-1-4-15(17)14-16-8-9-20(26(23)25(16)19)22-11-10-21-18-6-3-7-24(37)27(18)34(38)31(33(32)36)29(21)28(22)30/h1-14,23,27,32-33H. The molecule has 0 aromatic heterocycles. The molecule has 4 aromatic rings. The molecule has 0 bridgehead atoms. The van der Waals surface area contributed by atoms with Crippen molar-refractivity contribution in [2.45, 2.75) is 16.7 Å². The smallest absolute Gasteiger partial charge is 0.176 e. The molecule has 0 N–H and O–H groups in total. The summed E-state index contributed by atoms with van der Waals surface area (Å²) in [7, 11) is 0. The van der Waals surface area contributed by atoms with Crippen LogP contribution in [0.3, 0.4) is 0 Å². The summed E-state index contributed by atoms with van der Waals surface area (Å²) in [6, 6.07) is 19.4. The highest BCUT2D eigenvalue weighted by atomic mass is 35.5. The van der Waals surface area contributed by atoms with E-state index in [2.05, 4.69) is 66.7 Å². The van der Waals surface area contributed by atoms with Crippen molar-refractivity contribution in [1.29, 1.82) is 0 Å². The second-order valence-corrected chi connectivity index (χ2v) is 11.7. The predicted molar refractivity (Wildman–Crippen MR) is 155 cm³/mol. The fourth-order valence-corrected chi connectivity index (χ4v) is 8.31. The second-order valence-electron chi connectivity index (χ2n) is 10.7. The molecule has 38 heavy (non-hydrogen) atoms. The summed E-state index contributed by atoms with van der Waals surface area (Å²) in [6.45, 7) is 0. The average Bonchev–Trinajstić information content (AvgIpc) is 2.94. The average molecular weight is 529 g/mol. The maximum atomic E-state index is 13.8. The molecule has 4 atom stereocenters. The third-order valence-electron chi connectivity index (χ3n) is 9.06. The largest absolute Gasteiger partial charge is 0.294 e. The maximum Gasteiger partial charge on any atom is 0.176 e. The van der Waals surface area contributed by atoms with Gasteiger partial charge in [-0.2, -0.15) is 0 Å². The number of rotatable bonds is 0. The van der Waals surface area contributed by atoms with E-state index < -0.39 is 16.7 Å². The highest BCUT2D eigenvalue weighted by Gasteiger charge is 2.47. The fourth-order valence-electron chi connectivity index (χ4n) is 7.58. The van der Waals surface area contributed by atoms with Gasteiger partial charge in [0.2, 0.25) is 0 Å². The molecule has 5 aliphatic carbocycles. The number of alkyl halides is 2. The first kappa shape index (κ1) is 21.2. The van der Waals surface area contributed by atoms with E-state index in [0.29, 0.717) is 5.57 Å². The van der Waals surface area contributed by atoms with E-state index in [1.165, 1.54) is 44.3 Å². The predicted octanol–water partition coefficient (Wildman–Crippen LogP) is 6.04. The van der Waals surface area contributed by atoms with E-state index in [9.17, 15) is 9.59 Å². The zero-order valence-corrected chi connectivity index (χ0v) is 21.5.